The van der Waals surface area contributed by atoms with Crippen LogP contribution in [0.25, 0.3) is 0 Å². The normalized spacial score (nSPS) is 19.0. The van der Waals surface area contributed by atoms with E-state index in [9.17, 15) is 13.2 Å². The maximum atomic E-state index is 13.4. The van der Waals surface area contributed by atoms with E-state index >= 15 is 0 Å². The maximum absolute atomic E-state index is 13.4. The number of aryl methyl sites for hydroxylation is 2. The number of carbonyl (C=O) groups excluding carboxylic acids is 1. The van der Waals surface area contributed by atoms with E-state index in [-0.39, 0.29) is 11.9 Å². The van der Waals surface area contributed by atoms with Crippen LogP contribution in [0.3, 0.4) is 0 Å². The van der Waals surface area contributed by atoms with Gasteiger partial charge < -0.3 is 4.90 Å². The van der Waals surface area contributed by atoms with Gasteiger partial charge in [-0.05, 0) is 74.1 Å². The predicted molar refractivity (Wildman–Crippen MR) is 107 cm³/mol. The summed E-state index contributed by atoms with van der Waals surface area (Å²) in [5.41, 5.74) is 4.66. The highest BCUT2D eigenvalue weighted by Crippen LogP contribution is 2.37. The molecule has 0 aliphatic carbocycles. The van der Waals surface area contributed by atoms with Gasteiger partial charge in [0.2, 0.25) is 5.91 Å². The van der Waals surface area contributed by atoms with Crippen LogP contribution in [0.1, 0.15) is 37.0 Å². The molecule has 6 heteroatoms. The summed E-state index contributed by atoms with van der Waals surface area (Å²) in [5, 5.41) is 0. The van der Waals surface area contributed by atoms with Crippen molar-refractivity contribution in [2.45, 2.75) is 51.0 Å². The molecule has 2 aromatic rings. The smallest absolute Gasteiger partial charge is 0.264 e. The molecule has 2 heterocycles. The fraction of sp³-hybridized carbons (Fsp3) is 0.381. The topological polar surface area (TPSA) is 57.7 Å². The second-order valence-electron chi connectivity index (χ2n) is 7.55. The van der Waals surface area contributed by atoms with E-state index < -0.39 is 10.0 Å². The maximum Gasteiger partial charge on any atom is 0.264 e. The van der Waals surface area contributed by atoms with Crippen LogP contribution in [0.5, 0.6) is 0 Å². The number of hydrogen-bond donors (Lipinski definition) is 0. The Morgan fingerprint density at radius 2 is 1.85 bits per heavy atom. The van der Waals surface area contributed by atoms with Crippen LogP contribution in [-0.4, -0.2) is 26.9 Å². The van der Waals surface area contributed by atoms with Gasteiger partial charge in [-0.2, -0.15) is 0 Å². The molecule has 4 rings (SSSR count). The van der Waals surface area contributed by atoms with Gasteiger partial charge in [0.25, 0.3) is 10.0 Å². The second kappa shape index (κ2) is 6.37. The monoisotopic (exact) mass is 384 g/mol. The van der Waals surface area contributed by atoms with Gasteiger partial charge in [-0.3, -0.25) is 9.10 Å². The molecule has 0 saturated carbocycles. The van der Waals surface area contributed by atoms with Crippen molar-refractivity contribution in [3.05, 3.63) is 53.1 Å². The first kappa shape index (κ1) is 18.0. The Kier molecular flexibility index (Phi) is 4.26. The number of benzene rings is 2. The molecule has 5 nitrogen and oxygen atoms in total. The number of hydrogen-bond acceptors (Lipinski definition) is 3. The summed E-state index contributed by atoms with van der Waals surface area (Å²) in [5.74, 6) is -0.0164. The highest BCUT2D eigenvalue weighted by Gasteiger charge is 2.33. The standard InChI is InChI=1S/C21H24N2O3S/c1-14-6-7-17-5-4-10-22(21(17)11-14)27(25,26)19-8-9-20-18(13-19)12-15(2)23(20)16(3)24/h6-9,11,13,15H,4-5,10,12H2,1-3H3. The molecule has 0 N–H and O–H groups in total. The van der Waals surface area contributed by atoms with Crippen molar-refractivity contribution in [2.24, 2.45) is 0 Å². The molecule has 2 aliphatic heterocycles. The Labute approximate surface area is 160 Å². The van der Waals surface area contributed by atoms with Crippen molar-refractivity contribution >= 4 is 27.3 Å². The first-order chi connectivity index (χ1) is 12.8. The molecule has 1 unspecified atom stereocenters. The summed E-state index contributed by atoms with van der Waals surface area (Å²) in [6, 6.07) is 11.2. The van der Waals surface area contributed by atoms with Crippen molar-refractivity contribution in [1.82, 2.24) is 0 Å². The largest absolute Gasteiger partial charge is 0.309 e. The number of sulfonamides is 1. The SMILES string of the molecule is CC(=O)N1c2ccc(S(=O)(=O)N3CCCc4ccc(C)cc43)cc2CC1C. The minimum absolute atomic E-state index is 0.0164. The third-order valence-corrected chi connectivity index (χ3v) is 7.32. The molecule has 2 aromatic carbocycles. The summed E-state index contributed by atoms with van der Waals surface area (Å²) in [7, 11) is -3.64. The predicted octanol–water partition coefficient (Wildman–Crippen LogP) is 3.43. The Bertz CT molecular complexity index is 1030. The fourth-order valence-corrected chi connectivity index (χ4v) is 5.86. The lowest BCUT2D eigenvalue weighted by atomic mass is 10.0. The summed E-state index contributed by atoms with van der Waals surface area (Å²) >= 11 is 0. The molecule has 0 radical (unpaired) electrons. The number of rotatable bonds is 2. The molecule has 142 valence electrons. The van der Waals surface area contributed by atoms with Crippen LogP contribution in [0.15, 0.2) is 41.3 Å². The number of amides is 1. The van der Waals surface area contributed by atoms with Crippen LogP contribution in [0.2, 0.25) is 0 Å². The van der Waals surface area contributed by atoms with E-state index in [0.717, 1.165) is 40.9 Å². The highest BCUT2D eigenvalue weighted by atomic mass is 32.2. The lowest BCUT2D eigenvalue weighted by molar-refractivity contribution is -0.116. The molecule has 1 amide bonds. The van der Waals surface area contributed by atoms with Gasteiger partial charge in [0, 0.05) is 25.2 Å². The van der Waals surface area contributed by atoms with Gasteiger partial charge in [0.1, 0.15) is 0 Å². The molecular weight excluding hydrogens is 360 g/mol. The van der Waals surface area contributed by atoms with Gasteiger partial charge in [0.15, 0.2) is 0 Å². The zero-order valence-corrected chi connectivity index (χ0v) is 16.7. The summed E-state index contributed by atoms with van der Waals surface area (Å²) in [6.45, 7) is 6.00. The molecule has 1 atom stereocenters. The zero-order chi connectivity index (χ0) is 19.3. The van der Waals surface area contributed by atoms with Crippen molar-refractivity contribution in [3.63, 3.8) is 0 Å². The number of fused-ring (bicyclic) bond motifs is 2. The van der Waals surface area contributed by atoms with Crippen LogP contribution in [0, 0.1) is 6.92 Å². The molecule has 27 heavy (non-hydrogen) atoms. The van der Waals surface area contributed by atoms with Gasteiger partial charge in [-0.25, -0.2) is 8.42 Å². The Morgan fingerprint density at radius 1 is 1.07 bits per heavy atom. The lowest BCUT2D eigenvalue weighted by Crippen LogP contribution is -2.35. The molecule has 0 aromatic heterocycles. The Morgan fingerprint density at radius 3 is 2.59 bits per heavy atom. The van der Waals surface area contributed by atoms with E-state index in [1.807, 2.05) is 32.0 Å². The van der Waals surface area contributed by atoms with Crippen LogP contribution < -0.4 is 9.21 Å². The van der Waals surface area contributed by atoms with Crippen LogP contribution in [-0.2, 0) is 27.7 Å². The summed E-state index contributed by atoms with van der Waals surface area (Å²) in [4.78, 5) is 14.0. The quantitative estimate of drug-likeness (QED) is 0.797. The summed E-state index contributed by atoms with van der Waals surface area (Å²) < 4.78 is 28.4. The lowest BCUT2D eigenvalue weighted by Gasteiger charge is -2.31. The zero-order valence-electron chi connectivity index (χ0n) is 15.9. The van der Waals surface area contributed by atoms with E-state index in [0.29, 0.717) is 17.9 Å². The minimum atomic E-state index is -3.64. The van der Waals surface area contributed by atoms with E-state index in [1.54, 1.807) is 34.3 Å². The minimum Gasteiger partial charge on any atom is -0.309 e. The molecule has 0 spiro atoms. The molecule has 2 aliphatic rings. The van der Waals surface area contributed by atoms with Gasteiger partial charge in [0.05, 0.1) is 10.6 Å². The first-order valence-electron chi connectivity index (χ1n) is 9.34. The highest BCUT2D eigenvalue weighted by molar-refractivity contribution is 7.92. The Hall–Kier alpha value is -2.34. The average Bonchev–Trinajstić information content (AvgIpc) is 2.96. The molecule has 0 fully saturated rings. The van der Waals surface area contributed by atoms with E-state index in [1.165, 1.54) is 0 Å². The van der Waals surface area contributed by atoms with Crippen molar-refractivity contribution in [2.75, 3.05) is 15.7 Å². The van der Waals surface area contributed by atoms with Crippen molar-refractivity contribution < 1.29 is 13.2 Å². The van der Waals surface area contributed by atoms with Gasteiger partial charge in [-0.15, -0.1) is 0 Å². The Balaban J connectivity index is 1.76. The third-order valence-electron chi connectivity index (χ3n) is 5.51. The number of carbonyl (C=O) groups is 1. The number of nitrogens with zero attached hydrogens (tertiary/aromatic N) is 2. The van der Waals surface area contributed by atoms with E-state index in [2.05, 4.69) is 0 Å². The molecule has 0 bridgehead atoms. The van der Waals surface area contributed by atoms with Crippen molar-refractivity contribution in [1.29, 1.82) is 0 Å². The second-order valence-corrected chi connectivity index (χ2v) is 9.41. The first-order valence-corrected chi connectivity index (χ1v) is 10.8. The van der Waals surface area contributed by atoms with Gasteiger partial charge in [-0.1, -0.05) is 12.1 Å². The van der Waals surface area contributed by atoms with Crippen LogP contribution in [0.4, 0.5) is 11.4 Å². The van der Waals surface area contributed by atoms with Crippen LogP contribution >= 0.6 is 0 Å². The average molecular weight is 385 g/mol. The van der Waals surface area contributed by atoms with Crippen molar-refractivity contribution in [3.8, 4) is 0 Å². The molecule has 0 saturated heterocycles. The third kappa shape index (κ3) is 2.92. The van der Waals surface area contributed by atoms with E-state index in [4.69, 9.17) is 0 Å². The fourth-order valence-electron chi connectivity index (χ4n) is 4.28. The summed E-state index contributed by atoms with van der Waals surface area (Å²) in [6.07, 6.45) is 2.39. The number of anilines is 2. The van der Waals surface area contributed by atoms with Gasteiger partial charge >= 0.3 is 0 Å². The molecular formula is C21H24N2O3S.